The Morgan fingerprint density at radius 3 is 2.73 bits per heavy atom. The summed E-state index contributed by atoms with van der Waals surface area (Å²) in [6, 6.07) is 0. The lowest BCUT2D eigenvalue weighted by Crippen LogP contribution is -2.23. The summed E-state index contributed by atoms with van der Waals surface area (Å²) in [4.78, 5) is 22.7. The topological polar surface area (TPSA) is 43.4 Å². The molecule has 1 atom stereocenters. The van der Waals surface area contributed by atoms with Gasteiger partial charge in [-0.25, -0.2) is 0 Å². The third-order valence-electron chi connectivity index (χ3n) is 1.32. The first-order valence-electron chi connectivity index (χ1n) is 3.12. The zero-order valence-corrected chi connectivity index (χ0v) is 7.10. The molecule has 0 bridgehead atoms. The highest BCUT2D eigenvalue weighted by molar-refractivity contribution is 8.05. The first-order valence-corrected chi connectivity index (χ1v) is 3.99. The van der Waals surface area contributed by atoms with Crippen LogP contribution in [0.4, 0.5) is 0 Å². The molecule has 0 aromatic carbocycles. The summed E-state index contributed by atoms with van der Waals surface area (Å²) in [5, 5.41) is -0.653. The van der Waals surface area contributed by atoms with Gasteiger partial charge in [-0.05, 0) is 17.9 Å². The van der Waals surface area contributed by atoms with E-state index in [0.717, 1.165) is 4.91 Å². The van der Waals surface area contributed by atoms with E-state index in [1.54, 1.807) is 6.92 Å². The summed E-state index contributed by atoms with van der Waals surface area (Å²) < 4.78 is 4.44. The van der Waals surface area contributed by atoms with E-state index >= 15 is 0 Å². The molecule has 60 valence electrons. The largest absolute Gasteiger partial charge is 0.468 e. The third-order valence-corrected chi connectivity index (χ3v) is 2.47. The van der Waals surface area contributed by atoms with Crippen LogP contribution in [-0.4, -0.2) is 24.1 Å². The van der Waals surface area contributed by atoms with Crippen molar-refractivity contribution in [3.63, 3.8) is 0 Å². The number of methoxy groups -OCH3 is 1. The smallest absolute Gasteiger partial charge is 0.327 e. The van der Waals surface area contributed by atoms with Gasteiger partial charge in [-0.2, -0.15) is 0 Å². The van der Waals surface area contributed by atoms with Gasteiger partial charge in [-0.3, -0.25) is 9.59 Å². The van der Waals surface area contributed by atoms with Crippen LogP contribution in [0.5, 0.6) is 0 Å². The Hall–Kier alpha value is -0.770. The summed E-state index contributed by atoms with van der Waals surface area (Å²) in [5.74, 6) is -0.632. The van der Waals surface area contributed by atoms with E-state index in [1.807, 2.05) is 0 Å². The molecule has 11 heavy (non-hydrogen) atoms. The lowest BCUT2D eigenvalue weighted by atomic mass is 10.2. The molecule has 1 heterocycles. The Morgan fingerprint density at radius 1 is 1.73 bits per heavy atom. The van der Waals surface area contributed by atoms with Crippen LogP contribution in [0.1, 0.15) is 6.92 Å². The highest BCUT2D eigenvalue weighted by atomic mass is 32.2. The first-order chi connectivity index (χ1) is 5.15. The number of carbonyl (C=O) groups excluding carboxylic acids is 2. The SMILES string of the molecule is COC(=O)C1SC(C)=CC1=O. The second-order valence-corrected chi connectivity index (χ2v) is 3.53. The molecule has 0 radical (unpaired) electrons. The molecule has 1 aliphatic rings. The molecule has 3 nitrogen and oxygen atoms in total. The monoisotopic (exact) mass is 172 g/mol. The molecule has 1 aliphatic heterocycles. The van der Waals surface area contributed by atoms with Crippen molar-refractivity contribution in [3.8, 4) is 0 Å². The molecule has 0 saturated heterocycles. The predicted molar refractivity (Wildman–Crippen MR) is 42.2 cm³/mol. The van der Waals surface area contributed by atoms with Gasteiger partial charge in [-0.1, -0.05) is 0 Å². The molecule has 4 heteroatoms. The number of carbonyl (C=O) groups is 2. The third kappa shape index (κ3) is 1.63. The van der Waals surface area contributed by atoms with Gasteiger partial charge in [-0.15, -0.1) is 11.8 Å². The van der Waals surface area contributed by atoms with Crippen LogP contribution in [-0.2, 0) is 14.3 Å². The summed E-state index contributed by atoms with van der Waals surface area (Å²) in [7, 11) is 1.28. The fourth-order valence-corrected chi connectivity index (χ4v) is 1.76. The van der Waals surface area contributed by atoms with Crippen LogP contribution in [0.3, 0.4) is 0 Å². The number of ether oxygens (including phenoxy) is 1. The average Bonchev–Trinajstić information content (AvgIpc) is 2.28. The first kappa shape index (κ1) is 8.33. The molecular weight excluding hydrogens is 164 g/mol. The Morgan fingerprint density at radius 2 is 2.36 bits per heavy atom. The van der Waals surface area contributed by atoms with Crippen LogP contribution in [0, 0.1) is 0 Å². The zero-order chi connectivity index (χ0) is 8.43. The molecule has 0 N–H and O–H groups in total. The molecule has 1 rings (SSSR count). The van der Waals surface area contributed by atoms with Crippen molar-refractivity contribution in [1.82, 2.24) is 0 Å². The number of thioether (sulfide) groups is 1. The van der Waals surface area contributed by atoms with Crippen molar-refractivity contribution in [2.24, 2.45) is 0 Å². The van der Waals surface area contributed by atoms with E-state index in [1.165, 1.54) is 24.9 Å². The van der Waals surface area contributed by atoms with Crippen molar-refractivity contribution in [2.45, 2.75) is 12.2 Å². The average molecular weight is 172 g/mol. The highest BCUT2D eigenvalue weighted by Crippen LogP contribution is 2.29. The van der Waals surface area contributed by atoms with Crippen molar-refractivity contribution >= 4 is 23.5 Å². The van der Waals surface area contributed by atoms with Gasteiger partial charge in [0.05, 0.1) is 7.11 Å². The fourth-order valence-electron chi connectivity index (χ4n) is 0.825. The highest BCUT2D eigenvalue weighted by Gasteiger charge is 2.31. The molecule has 1 unspecified atom stereocenters. The molecule has 0 amide bonds. The minimum absolute atomic E-state index is 0.167. The molecule has 0 spiro atoms. The number of ketones is 1. The van der Waals surface area contributed by atoms with E-state index in [4.69, 9.17) is 0 Å². The molecule has 0 aliphatic carbocycles. The van der Waals surface area contributed by atoms with Crippen molar-refractivity contribution in [2.75, 3.05) is 7.11 Å². The standard InChI is InChI=1S/C7H8O3S/c1-4-3-5(8)6(11-4)7(9)10-2/h3,6H,1-2H3. The Kier molecular flexibility index (Phi) is 2.34. The molecule has 0 fully saturated rings. The summed E-state index contributed by atoms with van der Waals surface area (Å²) in [6.07, 6.45) is 1.46. The van der Waals surface area contributed by atoms with Gasteiger partial charge in [0.1, 0.15) is 0 Å². The van der Waals surface area contributed by atoms with Crippen LogP contribution < -0.4 is 0 Å². The zero-order valence-electron chi connectivity index (χ0n) is 6.29. The molecule has 0 aromatic rings. The number of hydrogen-bond acceptors (Lipinski definition) is 4. The second-order valence-electron chi connectivity index (χ2n) is 2.18. The number of rotatable bonds is 1. The Bertz CT molecular complexity index is 232. The van der Waals surface area contributed by atoms with E-state index in [0.29, 0.717) is 0 Å². The maximum atomic E-state index is 11.0. The van der Waals surface area contributed by atoms with E-state index in [9.17, 15) is 9.59 Å². The maximum absolute atomic E-state index is 11.0. The van der Waals surface area contributed by atoms with Gasteiger partial charge in [0, 0.05) is 0 Å². The summed E-state index contributed by atoms with van der Waals surface area (Å²) in [5.41, 5.74) is 0. The summed E-state index contributed by atoms with van der Waals surface area (Å²) >= 11 is 1.24. The second kappa shape index (κ2) is 3.09. The number of hydrogen-bond donors (Lipinski definition) is 0. The molecule has 0 aromatic heterocycles. The van der Waals surface area contributed by atoms with Crippen LogP contribution >= 0.6 is 11.8 Å². The normalized spacial score (nSPS) is 23.3. The van der Waals surface area contributed by atoms with Gasteiger partial charge in [0.2, 0.25) is 0 Å². The van der Waals surface area contributed by atoms with Crippen molar-refractivity contribution in [1.29, 1.82) is 0 Å². The quantitative estimate of drug-likeness (QED) is 0.432. The predicted octanol–water partition coefficient (Wildman–Crippen LogP) is 0.748. The van der Waals surface area contributed by atoms with Gasteiger partial charge in [0.25, 0.3) is 0 Å². The lowest BCUT2D eigenvalue weighted by Gasteiger charge is -2.03. The van der Waals surface area contributed by atoms with Crippen LogP contribution in [0.25, 0.3) is 0 Å². The van der Waals surface area contributed by atoms with Gasteiger partial charge >= 0.3 is 5.97 Å². The van der Waals surface area contributed by atoms with Crippen molar-refractivity contribution in [3.05, 3.63) is 11.0 Å². The Labute approximate surface area is 68.8 Å². The van der Waals surface area contributed by atoms with Gasteiger partial charge in [0.15, 0.2) is 11.0 Å². The van der Waals surface area contributed by atoms with Crippen LogP contribution in [0.15, 0.2) is 11.0 Å². The molecular formula is C7H8O3S. The fraction of sp³-hybridized carbons (Fsp3) is 0.429. The number of esters is 1. The van der Waals surface area contributed by atoms with E-state index in [2.05, 4.69) is 4.74 Å². The van der Waals surface area contributed by atoms with E-state index < -0.39 is 11.2 Å². The van der Waals surface area contributed by atoms with E-state index in [-0.39, 0.29) is 5.78 Å². The minimum Gasteiger partial charge on any atom is -0.468 e. The Balaban J connectivity index is 2.67. The summed E-state index contributed by atoms with van der Waals surface area (Å²) in [6.45, 7) is 1.80. The molecule has 0 saturated carbocycles. The van der Waals surface area contributed by atoms with Gasteiger partial charge < -0.3 is 4.74 Å². The maximum Gasteiger partial charge on any atom is 0.327 e. The minimum atomic E-state index is -0.653. The van der Waals surface area contributed by atoms with Crippen molar-refractivity contribution < 1.29 is 14.3 Å². The van der Waals surface area contributed by atoms with Crippen LogP contribution in [0.2, 0.25) is 0 Å². The number of allylic oxidation sites excluding steroid dienone is 2. The lowest BCUT2D eigenvalue weighted by molar-refractivity contribution is -0.141.